The van der Waals surface area contributed by atoms with Crippen molar-refractivity contribution in [3.8, 4) is 0 Å². The Kier molecular flexibility index (Phi) is 8.27. The lowest BCUT2D eigenvalue weighted by Crippen LogP contribution is -2.09. The average Bonchev–Trinajstić information content (AvgIpc) is 2.61. The summed E-state index contributed by atoms with van der Waals surface area (Å²) in [6.07, 6.45) is 3.57. The van der Waals surface area contributed by atoms with Crippen molar-refractivity contribution in [2.24, 2.45) is 0 Å². The normalized spacial score (nSPS) is 10.7. The summed E-state index contributed by atoms with van der Waals surface area (Å²) in [6.45, 7) is 4.00. The Balaban J connectivity index is 0.00000139. The minimum Gasteiger partial charge on any atom is -0.383 e. The number of nitrogens with zero attached hydrogens (tertiary/aromatic N) is 1. The van der Waals surface area contributed by atoms with E-state index in [1.165, 1.54) is 17.8 Å². The van der Waals surface area contributed by atoms with Gasteiger partial charge in [-0.25, -0.2) is 4.39 Å². The molecule has 2 aromatic carbocycles. The van der Waals surface area contributed by atoms with Gasteiger partial charge in [-0.3, -0.25) is 4.79 Å². The van der Waals surface area contributed by atoms with E-state index >= 15 is 0 Å². The number of ketones is 1. The molecule has 0 fully saturated rings. The Hall–Kier alpha value is -2.07. The van der Waals surface area contributed by atoms with Crippen LogP contribution < -0.4 is 0 Å². The van der Waals surface area contributed by atoms with Gasteiger partial charge in [0.05, 0.1) is 0 Å². The Morgan fingerprint density at radius 3 is 2.17 bits per heavy atom. The quantitative estimate of drug-likeness (QED) is 0.413. The highest BCUT2D eigenvalue weighted by molar-refractivity contribution is 7.98. The molecule has 2 nitrogen and oxygen atoms in total. The summed E-state index contributed by atoms with van der Waals surface area (Å²) in [5.41, 5.74) is 1.71. The molecule has 4 heteroatoms. The fourth-order valence-corrected chi connectivity index (χ4v) is 2.56. The molecular weight excluding hydrogens is 321 g/mol. The van der Waals surface area contributed by atoms with Crippen LogP contribution in [-0.4, -0.2) is 31.0 Å². The molecule has 2 rings (SSSR count). The highest BCUT2D eigenvalue weighted by Crippen LogP contribution is 2.24. The van der Waals surface area contributed by atoms with Gasteiger partial charge in [-0.2, -0.15) is 0 Å². The third kappa shape index (κ3) is 5.24. The summed E-state index contributed by atoms with van der Waals surface area (Å²) >= 11 is 1.32. The molecule has 24 heavy (non-hydrogen) atoms. The van der Waals surface area contributed by atoms with E-state index in [0.29, 0.717) is 16.0 Å². The molecule has 2 aromatic rings. The van der Waals surface area contributed by atoms with E-state index in [9.17, 15) is 9.18 Å². The number of thioether (sulfide) groups is 1. The van der Waals surface area contributed by atoms with E-state index in [-0.39, 0.29) is 11.6 Å². The molecule has 0 amide bonds. The van der Waals surface area contributed by atoms with Crippen LogP contribution in [0.3, 0.4) is 0 Å². The highest BCUT2D eigenvalue weighted by Gasteiger charge is 2.16. The number of hydrogen-bond donors (Lipinski definition) is 0. The van der Waals surface area contributed by atoms with Gasteiger partial charge >= 0.3 is 0 Å². The number of carbonyl (C=O) groups excluding carboxylic acids is 1. The molecule has 0 saturated heterocycles. The summed E-state index contributed by atoms with van der Waals surface area (Å²) in [4.78, 5) is 15.1. The Morgan fingerprint density at radius 1 is 1.04 bits per heavy atom. The molecule has 0 aliphatic heterocycles. The minimum absolute atomic E-state index is 0.188. The number of hydrogen-bond acceptors (Lipinski definition) is 3. The van der Waals surface area contributed by atoms with Gasteiger partial charge in [0.25, 0.3) is 0 Å². The summed E-state index contributed by atoms with van der Waals surface area (Å²) in [7, 11) is 3.71. The lowest BCUT2D eigenvalue weighted by atomic mass is 9.97. The Labute approximate surface area is 148 Å². The summed E-state index contributed by atoms with van der Waals surface area (Å²) < 4.78 is 13.9. The number of allylic oxidation sites excluding steroid dienone is 1. The molecular formula is C20H24FNOS. The zero-order valence-electron chi connectivity index (χ0n) is 14.8. The predicted octanol–water partition coefficient (Wildman–Crippen LogP) is 5.36. The number of benzene rings is 2. The number of carbonyl (C=O) groups is 1. The van der Waals surface area contributed by atoms with E-state index in [0.717, 1.165) is 5.56 Å². The molecule has 0 N–H and O–H groups in total. The minimum atomic E-state index is -0.365. The van der Waals surface area contributed by atoms with Gasteiger partial charge < -0.3 is 4.90 Å². The SMILES string of the molecule is CC.CSc1ccc(C(=O)C(=CN(C)C)c2ccccc2)cc1F. The van der Waals surface area contributed by atoms with Crippen LogP contribution in [0.2, 0.25) is 0 Å². The Morgan fingerprint density at radius 2 is 1.67 bits per heavy atom. The fraction of sp³-hybridized carbons (Fsp3) is 0.250. The van der Waals surface area contributed by atoms with Crippen LogP contribution in [0, 0.1) is 5.82 Å². The second kappa shape index (κ2) is 9.93. The van der Waals surface area contributed by atoms with Gasteiger partial charge in [-0.05, 0) is 30.0 Å². The molecule has 0 aromatic heterocycles. The zero-order chi connectivity index (χ0) is 18.1. The summed E-state index contributed by atoms with van der Waals surface area (Å²) in [5.74, 6) is -0.554. The van der Waals surface area contributed by atoms with Crippen molar-refractivity contribution in [1.29, 1.82) is 0 Å². The molecule has 0 heterocycles. The first kappa shape index (κ1) is 20.0. The van der Waals surface area contributed by atoms with Crippen molar-refractivity contribution in [3.63, 3.8) is 0 Å². The molecule has 0 atom stereocenters. The Bertz CT molecular complexity index is 696. The first-order valence-electron chi connectivity index (χ1n) is 7.85. The maximum atomic E-state index is 13.9. The van der Waals surface area contributed by atoms with E-state index in [1.807, 2.05) is 63.2 Å². The van der Waals surface area contributed by atoms with Crippen LogP contribution in [0.25, 0.3) is 5.57 Å². The molecule has 0 unspecified atom stereocenters. The molecule has 0 bridgehead atoms. The van der Waals surface area contributed by atoms with Gasteiger partial charge in [0, 0.05) is 36.3 Å². The molecule has 0 saturated carbocycles. The maximum absolute atomic E-state index is 13.9. The standard InChI is InChI=1S/C18H18FNOS.C2H6/c1-20(2)12-15(13-7-5-4-6-8-13)18(21)14-9-10-17(22-3)16(19)11-14;1-2/h4-12H,1-3H3;1-2H3. The van der Waals surface area contributed by atoms with Crippen molar-refractivity contribution >= 4 is 23.1 Å². The molecule has 0 spiro atoms. The first-order chi connectivity index (χ1) is 11.5. The first-order valence-corrected chi connectivity index (χ1v) is 9.07. The van der Waals surface area contributed by atoms with Crippen molar-refractivity contribution in [3.05, 3.63) is 71.7 Å². The molecule has 0 aliphatic carbocycles. The smallest absolute Gasteiger partial charge is 0.195 e. The number of rotatable bonds is 5. The van der Waals surface area contributed by atoms with Gasteiger partial charge in [-0.15, -0.1) is 11.8 Å². The summed E-state index contributed by atoms with van der Waals surface area (Å²) in [5, 5.41) is 0. The largest absolute Gasteiger partial charge is 0.383 e. The van der Waals surface area contributed by atoms with Gasteiger partial charge in [-0.1, -0.05) is 44.2 Å². The average molecular weight is 345 g/mol. The van der Waals surface area contributed by atoms with Gasteiger partial charge in [0.1, 0.15) is 5.82 Å². The highest BCUT2D eigenvalue weighted by atomic mass is 32.2. The van der Waals surface area contributed by atoms with Crippen molar-refractivity contribution in [2.45, 2.75) is 18.7 Å². The third-order valence-corrected chi connectivity index (χ3v) is 3.90. The molecule has 0 aliphatic rings. The van der Waals surface area contributed by atoms with Crippen molar-refractivity contribution in [2.75, 3.05) is 20.4 Å². The number of Topliss-reactive ketones (excluding diaryl/α,β-unsaturated/α-hetero) is 1. The van der Waals surface area contributed by atoms with Gasteiger partial charge in [0.2, 0.25) is 0 Å². The third-order valence-electron chi connectivity index (χ3n) is 3.13. The second-order valence-electron chi connectivity index (χ2n) is 5.05. The van der Waals surface area contributed by atoms with E-state index in [1.54, 1.807) is 24.6 Å². The molecule has 0 radical (unpaired) electrons. The predicted molar refractivity (Wildman–Crippen MR) is 102 cm³/mol. The second-order valence-corrected chi connectivity index (χ2v) is 5.90. The van der Waals surface area contributed by atoms with Crippen LogP contribution in [0.15, 0.2) is 59.6 Å². The topological polar surface area (TPSA) is 20.3 Å². The van der Waals surface area contributed by atoms with Crippen LogP contribution >= 0.6 is 11.8 Å². The van der Waals surface area contributed by atoms with E-state index in [4.69, 9.17) is 0 Å². The molecule has 128 valence electrons. The maximum Gasteiger partial charge on any atom is 0.195 e. The van der Waals surface area contributed by atoms with Crippen LogP contribution in [0.4, 0.5) is 4.39 Å². The number of halogens is 1. The fourth-order valence-electron chi connectivity index (χ4n) is 2.10. The van der Waals surface area contributed by atoms with Crippen LogP contribution in [-0.2, 0) is 0 Å². The van der Waals surface area contributed by atoms with Crippen LogP contribution in [0.5, 0.6) is 0 Å². The van der Waals surface area contributed by atoms with Crippen molar-refractivity contribution < 1.29 is 9.18 Å². The zero-order valence-corrected chi connectivity index (χ0v) is 15.7. The lowest BCUT2D eigenvalue weighted by molar-refractivity contribution is 0.105. The van der Waals surface area contributed by atoms with E-state index in [2.05, 4.69) is 0 Å². The monoisotopic (exact) mass is 345 g/mol. The van der Waals surface area contributed by atoms with Crippen LogP contribution in [0.1, 0.15) is 29.8 Å². The van der Waals surface area contributed by atoms with E-state index < -0.39 is 0 Å². The van der Waals surface area contributed by atoms with Crippen molar-refractivity contribution in [1.82, 2.24) is 4.90 Å². The lowest BCUT2D eigenvalue weighted by Gasteiger charge is -2.12. The summed E-state index contributed by atoms with van der Waals surface area (Å²) in [6, 6.07) is 14.0. The van der Waals surface area contributed by atoms with Gasteiger partial charge in [0.15, 0.2) is 5.78 Å².